The second-order valence-corrected chi connectivity index (χ2v) is 5.84. The molecule has 0 fully saturated rings. The van der Waals surface area contributed by atoms with Crippen LogP contribution in [0.5, 0.6) is 0 Å². The maximum absolute atomic E-state index is 6.16. The van der Waals surface area contributed by atoms with Crippen molar-refractivity contribution in [3.63, 3.8) is 0 Å². The fourth-order valence-corrected chi connectivity index (χ4v) is 3.19. The molecule has 0 spiro atoms. The van der Waals surface area contributed by atoms with Crippen LogP contribution in [0, 0.1) is 0 Å². The molecule has 0 saturated carbocycles. The van der Waals surface area contributed by atoms with Crippen molar-refractivity contribution in [1.29, 1.82) is 0 Å². The van der Waals surface area contributed by atoms with Crippen molar-refractivity contribution in [2.24, 2.45) is 0 Å². The summed E-state index contributed by atoms with van der Waals surface area (Å²) in [6, 6.07) is 16.4. The Kier molecular flexibility index (Phi) is 2.59. The number of fused-ring (bicyclic) bond motifs is 5. The van der Waals surface area contributed by atoms with Gasteiger partial charge in [0, 0.05) is 27.2 Å². The number of halogens is 1. The van der Waals surface area contributed by atoms with E-state index in [1.165, 1.54) is 10.9 Å². The summed E-state index contributed by atoms with van der Waals surface area (Å²) in [7, 11) is 0. The maximum atomic E-state index is 6.16. The van der Waals surface area contributed by atoms with Crippen molar-refractivity contribution in [3.8, 4) is 11.3 Å². The summed E-state index contributed by atoms with van der Waals surface area (Å²) >= 11 is 11.6. The van der Waals surface area contributed by atoms with E-state index in [-0.39, 0.29) is 0 Å². The van der Waals surface area contributed by atoms with Gasteiger partial charge >= 0.3 is 0 Å². The van der Waals surface area contributed by atoms with Gasteiger partial charge in [0.15, 0.2) is 0 Å². The maximum Gasteiger partial charge on any atom is 0.0998 e. The van der Waals surface area contributed by atoms with Gasteiger partial charge in [-0.2, -0.15) is 0 Å². The minimum Gasteiger partial charge on any atom is -0.348 e. The van der Waals surface area contributed by atoms with Gasteiger partial charge in [0.05, 0.1) is 17.2 Å². The number of hydrogen-bond donors (Lipinski definition) is 1. The van der Waals surface area contributed by atoms with E-state index in [4.69, 9.17) is 23.8 Å². The lowest BCUT2D eigenvalue weighted by Gasteiger charge is -2.07. The molecular weight excluding hydrogens is 288 g/mol. The van der Waals surface area contributed by atoms with Crippen LogP contribution in [-0.4, -0.2) is 9.56 Å². The molecule has 20 heavy (non-hydrogen) atoms. The van der Waals surface area contributed by atoms with Gasteiger partial charge < -0.3 is 9.88 Å². The van der Waals surface area contributed by atoms with Crippen LogP contribution < -0.4 is 5.32 Å². The lowest BCUT2D eigenvalue weighted by molar-refractivity contribution is 0.920. The molecule has 1 aliphatic heterocycles. The largest absolute Gasteiger partial charge is 0.348 e. The van der Waals surface area contributed by atoms with Crippen molar-refractivity contribution in [2.45, 2.75) is 6.54 Å². The van der Waals surface area contributed by atoms with Crippen molar-refractivity contribution in [2.75, 3.05) is 5.32 Å². The van der Waals surface area contributed by atoms with Crippen molar-refractivity contribution >= 4 is 45.4 Å². The molecule has 0 unspecified atom stereocenters. The van der Waals surface area contributed by atoms with Crippen molar-refractivity contribution in [1.82, 2.24) is 4.57 Å². The van der Waals surface area contributed by atoms with Gasteiger partial charge in [-0.1, -0.05) is 42.0 Å². The number of aromatic nitrogens is 1. The Morgan fingerprint density at radius 2 is 1.95 bits per heavy atom. The lowest BCUT2D eigenvalue weighted by atomic mass is 10.1. The van der Waals surface area contributed by atoms with Crippen LogP contribution >= 0.6 is 23.8 Å². The first-order valence-corrected chi connectivity index (χ1v) is 7.19. The molecule has 98 valence electrons. The van der Waals surface area contributed by atoms with E-state index in [2.05, 4.69) is 40.2 Å². The average molecular weight is 299 g/mol. The Balaban J connectivity index is 2.11. The predicted molar refractivity (Wildman–Crippen MR) is 88.6 cm³/mol. The van der Waals surface area contributed by atoms with E-state index in [1.54, 1.807) is 0 Å². The molecule has 0 amide bonds. The quantitative estimate of drug-likeness (QED) is 0.605. The molecule has 3 aromatic rings. The molecule has 2 aromatic carbocycles. The third-order valence-corrected chi connectivity index (χ3v) is 4.11. The SMILES string of the molecule is S=C1Cn2c(cc3ccccc32)-c2cc(Cl)ccc2N1. The number of thiocarbonyl (C=S) groups is 1. The molecule has 4 rings (SSSR count). The minimum atomic E-state index is 0.685. The summed E-state index contributed by atoms with van der Waals surface area (Å²) in [5.74, 6) is 0. The van der Waals surface area contributed by atoms with E-state index in [0.29, 0.717) is 6.54 Å². The first kappa shape index (κ1) is 11.9. The van der Waals surface area contributed by atoms with Crippen LogP contribution in [0.1, 0.15) is 0 Å². The van der Waals surface area contributed by atoms with Gasteiger partial charge in [-0.15, -0.1) is 0 Å². The van der Waals surface area contributed by atoms with Gasteiger partial charge in [-0.3, -0.25) is 0 Å². The number of anilines is 1. The topological polar surface area (TPSA) is 17.0 Å². The van der Waals surface area contributed by atoms with E-state index in [9.17, 15) is 0 Å². The minimum absolute atomic E-state index is 0.685. The Morgan fingerprint density at radius 1 is 1.10 bits per heavy atom. The lowest BCUT2D eigenvalue weighted by Crippen LogP contribution is -2.14. The molecule has 0 aliphatic carbocycles. The molecule has 2 heterocycles. The first-order chi connectivity index (χ1) is 9.72. The fraction of sp³-hybridized carbons (Fsp3) is 0.0625. The number of nitrogens with one attached hydrogen (secondary N) is 1. The summed E-state index contributed by atoms with van der Waals surface area (Å²) in [6.07, 6.45) is 0. The summed E-state index contributed by atoms with van der Waals surface area (Å²) < 4.78 is 2.24. The van der Waals surface area contributed by atoms with Crippen LogP contribution in [0.15, 0.2) is 48.5 Å². The van der Waals surface area contributed by atoms with E-state index < -0.39 is 0 Å². The Morgan fingerprint density at radius 3 is 2.85 bits per heavy atom. The van der Waals surface area contributed by atoms with Gasteiger partial charge in [-0.05, 0) is 30.3 Å². The molecule has 0 radical (unpaired) electrons. The zero-order valence-electron chi connectivity index (χ0n) is 10.6. The third-order valence-electron chi connectivity index (χ3n) is 3.64. The third kappa shape index (κ3) is 1.74. The normalized spacial score (nSPS) is 13.6. The molecule has 0 bridgehead atoms. The molecule has 1 aromatic heterocycles. The molecular formula is C16H11ClN2S. The number of hydrogen-bond acceptors (Lipinski definition) is 1. The first-order valence-electron chi connectivity index (χ1n) is 6.40. The summed E-state index contributed by atoms with van der Waals surface area (Å²) in [5.41, 5.74) is 4.45. The Bertz CT molecular complexity index is 851. The highest BCUT2D eigenvalue weighted by atomic mass is 35.5. The molecule has 0 saturated heterocycles. The standard InChI is InChI=1S/C16H11ClN2S/c17-11-5-6-13-12(8-11)15-7-10-3-1-2-4-14(10)19(15)9-16(20)18-13/h1-8H,9H2,(H,18,20). The van der Waals surface area contributed by atoms with E-state index in [1.807, 2.05) is 18.2 Å². The van der Waals surface area contributed by atoms with E-state index >= 15 is 0 Å². The Labute approximate surface area is 127 Å². The number of para-hydroxylation sites is 1. The second-order valence-electron chi connectivity index (χ2n) is 4.91. The van der Waals surface area contributed by atoms with Crippen LogP contribution in [0.4, 0.5) is 5.69 Å². The van der Waals surface area contributed by atoms with Crippen LogP contribution in [0.2, 0.25) is 5.02 Å². The van der Waals surface area contributed by atoms with Gasteiger partial charge in [0.1, 0.15) is 0 Å². The van der Waals surface area contributed by atoms with Crippen LogP contribution in [0.3, 0.4) is 0 Å². The number of nitrogens with zero attached hydrogens (tertiary/aromatic N) is 1. The highest BCUT2D eigenvalue weighted by Crippen LogP contribution is 2.36. The monoisotopic (exact) mass is 298 g/mol. The fourth-order valence-electron chi connectivity index (χ4n) is 2.77. The highest BCUT2D eigenvalue weighted by molar-refractivity contribution is 7.80. The molecule has 1 aliphatic rings. The Hall–Kier alpha value is -1.84. The predicted octanol–water partition coefficient (Wildman–Crippen LogP) is 4.71. The molecule has 1 N–H and O–H groups in total. The van der Waals surface area contributed by atoms with Gasteiger partial charge in [-0.25, -0.2) is 0 Å². The zero-order valence-corrected chi connectivity index (χ0v) is 12.1. The highest BCUT2D eigenvalue weighted by Gasteiger charge is 2.19. The van der Waals surface area contributed by atoms with Gasteiger partial charge in [0.2, 0.25) is 0 Å². The van der Waals surface area contributed by atoms with Crippen LogP contribution in [0.25, 0.3) is 22.2 Å². The molecule has 4 heteroatoms. The van der Waals surface area contributed by atoms with Gasteiger partial charge in [0.25, 0.3) is 0 Å². The van der Waals surface area contributed by atoms with E-state index in [0.717, 1.165) is 27.0 Å². The average Bonchev–Trinajstić information content (AvgIpc) is 2.73. The molecule has 0 atom stereocenters. The zero-order chi connectivity index (χ0) is 13.7. The number of benzene rings is 2. The van der Waals surface area contributed by atoms with Crippen LogP contribution in [-0.2, 0) is 6.54 Å². The summed E-state index contributed by atoms with van der Waals surface area (Å²) in [5, 5.41) is 5.25. The molecule has 2 nitrogen and oxygen atoms in total. The summed E-state index contributed by atoms with van der Waals surface area (Å²) in [4.78, 5) is 0.814. The van der Waals surface area contributed by atoms with Crippen molar-refractivity contribution in [3.05, 3.63) is 53.6 Å². The second kappa shape index (κ2) is 4.33. The smallest absolute Gasteiger partial charge is 0.0998 e. The number of rotatable bonds is 0. The van der Waals surface area contributed by atoms with Crippen molar-refractivity contribution < 1.29 is 0 Å². The summed E-state index contributed by atoms with van der Waals surface area (Å²) in [6.45, 7) is 0.685.